The van der Waals surface area contributed by atoms with Gasteiger partial charge in [-0.15, -0.1) is 0 Å². The standard InChI is InChI=1S/C19H21FN2O4/c1-12(8-13-4-6-14(20)7-5-13)21-18(23)19(24)22-15-9-16(25-2)11-17(10-15)26-3/h4-7,9-12H,8H2,1-3H3,(H,21,23)(H,22,24)/t12-/m1/s1. The number of carbonyl (C=O) groups excluding carboxylic acids is 2. The number of rotatable bonds is 6. The van der Waals surface area contributed by atoms with Crippen molar-refractivity contribution in [1.29, 1.82) is 0 Å². The molecule has 0 aliphatic heterocycles. The quantitative estimate of drug-likeness (QED) is 0.776. The first-order valence-corrected chi connectivity index (χ1v) is 8.00. The summed E-state index contributed by atoms with van der Waals surface area (Å²) in [6, 6.07) is 10.5. The van der Waals surface area contributed by atoms with Gasteiger partial charge in [-0.25, -0.2) is 4.39 Å². The highest BCUT2D eigenvalue weighted by atomic mass is 19.1. The lowest BCUT2D eigenvalue weighted by atomic mass is 10.1. The van der Waals surface area contributed by atoms with Crippen molar-refractivity contribution in [3.63, 3.8) is 0 Å². The molecule has 0 unspecified atom stereocenters. The molecule has 0 fully saturated rings. The van der Waals surface area contributed by atoms with Crippen LogP contribution in [0.5, 0.6) is 11.5 Å². The topological polar surface area (TPSA) is 76.7 Å². The SMILES string of the molecule is COc1cc(NC(=O)C(=O)N[C@H](C)Cc2ccc(F)cc2)cc(OC)c1. The van der Waals surface area contributed by atoms with Crippen molar-refractivity contribution >= 4 is 17.5 Å². The van der Waals surface area contributed by atoms with Crippen molar-refractivity contribution in [2.24, 2.45) is 0 Å². The van der Waals surface area contributed by atoms with E-state index in [9.17, 15) is 14.0 Å². The molecule has 7 heteroatoms. The third kappa shape index (κ3) is 5.47. The van der Waals surface area contributed by atoms with E-state index >= 15 is 0 Å². The molecule has 6 nitrogen and oxygen atoms in total. The Morgan fingerprint density at radius 1 is 1.00 bits per heavy atom. The highest BCUT2D eigenvalue weighted by molar-refractivity contribution is 6.39. The van der Waals surface area contributed by atoms with E-state index in [1.807, 2.05) is 0 Å². The first-order valence-electron chi connectivity index (χ1n) is 8.00. The highest BCUT2D eigenvalue weighted by Gasteiger charge is 2.17. The van der Waals surface area contributed by atoms with E-state index in [4.69, 9.17) is 9.47 Å². The Morgan fingerprint density at radius 3 is 2.12 bits per heavy atom. The molecule has 0 spiro atoms. The maximum atomic E-state index is 12.9. The van der Waals surface area contributed by atoms with E-state index in [2.05, 4.69) is 10.6 Å². The summed E-state index contributed by atoms with van der Waals surface area (Å²) < 4.78 is 23.2. The zero-order valence-electron chi connectivity index (χ0n) is 14.8. The van der Waals surface area contributed by atoms with Crippen molar-refractivity contribution < 1.29 is 23.5 Å². The third-order valence-electron chi connectivity index (χ3n) is 3.65. The minimum Gasteiger partial charge on any atom is -0.497 e. The molecule has 2 rings (SSSR count). The number of halogens is 1. The van der Waals surface area contributed by atoms with Crippen molar-refractivity contribution in [3.8, 4) is 11.5 Å². The Balaban J connectivity index is 1.94. The third-order valence-corrected chi connectivity index (χ3v) is 3.65. The Bertz CT molecular complexity index is 755. The Labute approximate surface area is 151 Å². The lowest BCUT2D eigenvalue weighted by Gasteiger charge is -2.14. The Morgan fingerprint density at radius 2 is 1.58 bits per heavy atom. The van der Waals surface area contributed by atoms with Gasteiger partial charge in [-0.2, -0.15) is 0 Å². The fourth-order valence-electron chi connectivity index (χ4n) is 2.38. The van der Waals surface area contributed by atoms with Crippen LogP contribution in [0.15, 0.2) is 42.5 Å². The average molecular weight is 360 g/mol. The van der Waals surface area contributed by atoms with Crippen LogP contribution in [0.25, 0.3) is 0 Å². The zero-order valence-corrected chi connectivity index (χ0v) is 14.8. The van der Waals surface area contributed by atoms with Crippen LogP contribution in [-0.2, 0) is 16.0 Å². The molecule has 2 amide bonds. The number of amides is 2. The molecule has 0 aliphatic rings. The minimum absolute atomic E-state index is 0.293. The molecule has 138 valence electrons. The maximum Gasteiger partial charge on any atom is 0.313 e. The predicted molar refractivity (Wildman–Crippen MR) is 95.9 cm³/mol. The molecule has 26 heavy (non-hydrogen) atoms. The Hall–Kier alpha value is -3.09. The molecule has 1 atom stereocenters. The number of ether oxygens (including phenoxy) is 2. The molecule has 0 aliphatic carbocycles. The second-order valence-electron chi connectivity index (χ2n) is 5.76. The number of anilines is 1. The van der Waals surface area contributed by atoms with Gasteiger partial charge >= 0.3 is 11.8 Å². The summed E-state index contributed by atoms with van der Waals surface area (Å²) >= 11 is 0. The van der Waals surface area contributed by atoms with Gasteiger partial charge in [-0.1, -0.05) is 12.1 Å². The molecule has 0 saturated heterocycles. The fraction of sp³-hybridized carbons (Fsp3) is 0.263. The molecule has 0 radical (unpaired) electrons. The maximum absolute atomic E-state index is 12.9. The van der Waals surface area contributed by atoms with E-state index in [1.54, 1.807) is 37.3 Å². The van der Waals surface area contributed by atoms with Crippen LogP contribution in [0.1, 0.15) is 12.5 Å². The zero-order chi connectivity index (χ0) is 19.1. The van der Waals surface area contributed by atoms with Gasteiger partial charge in [0.25, 0.3) is 0 Å². The number of nitrogens with one attached hydrogen (secondary N) is 2. The molecule has 0 saturated carbocycles. The molecular weight excluding hydrogens is 339 g/mol. The summed E-state index contributed by atoms with van der Waals surface area (Å²) in [6.07, 6.45) is 0.478. The van der Waals surface area contributed by atoms with Crippen molar-refractivity contribution in [2.75, 3.05) is 19.5 Å². The largest absolute Gasteiger partial charge is 0.497 e. The number of methoxy groups -OCH3 is 2. The molecule has 2 aromatic carbocycles. The summed E-state index contributed by atoms with van der Waals surface area (Å²) in [6.45, 7) is 1.77. The van der Waals surface area contributed by atoms with E-state index < -0.39 is 11.8 Å². The molecule has 0 aromatic heterocycles. The summed E-state index contributed by atoms with van der Waals surface area (Å²) in [5.74, 6) is -0.902. The monoisotopic (exact) mass is 360 g/mol. The summed E-state index contributed by atoms with van der Waals surface area (Å²) in [7, 11) is 2.98. The molecule has 0 heterocycles. The van der Waals surface area contributed by atoms with Gasteiger partial charge in [-0.3, -0.25) is 9.59 Å². The second kappa shape index (κ2) is 8.84. The smallest absolute Gasteiger partial charge is 0.313 e. The van der Waals surface area contributed by atoms with Gasteiger partial charge in [0.1, 0.15) is 17.3 Å². The normalized spacial score (nSPS) is 11.4. The van der Waals surface area contributed by atoms with Crippen LogP contribution in [0.2, 0.25) is 0 Å². The predicted octanol–water partition coefficient (Wildman–Crippen LogP) is 2.53. The number of hydrogen-bond acceptors (Lipinski definition) is 4. The molecular formula is C19H21FN2O4. The number of hydrogen-bond donors (Lipinski definition) is 2. The van der Waals surface area contributed by atoms with Crippen LogP contribution < -0.4 is 20.1 Å². The minimum atomic E-state index is -0.800. The van der Waals surface area contributed by atoms with Gasteiger partial charge in [0.2, 0.25) is 0 Å². The van der Waals surface area contributed by atoms with Gasteiger partial charge in [-0.05, 0) is 31.0 Å². The average Bonchev–Trinajstić information content (AvgIpc) is 2.63. The van der Waals surface area contributed by atoms with E-state index in [1.165, 1.54) is 26.4 Å². The fourth-order valence-corrected chi connectivity index (χ4v) is 2.38. The van der Waals surface area contributed by atoms with E-state index in [0.29, 0.717) is 23.6 Å². The number of carbonyl (C=O) groups is 2. The number of benzene rings is 2. The lowest BCUT2D eigenvalue weighted by molar-refractivity contribution is -0.136. The van der Waals surface area contributed by atoms with Crippen LogP contribution in [0.4, 0.5) is 10.1 Å². The Kier molecular flexibility index (Phi) is 6.54. The lowest BCUT2D eigenvalue weighted by Crippen LogP contribution is -2.41. The van der Waals surface area contributed by atoms with Crippen molar-refractivity contribution in [3.05, 3.63) is 53.8 Å². The van der Waals surface area contributed by atoms with E-state index in [0.717, 1.165) is 5.56 Å². The van der Waals surface area contributed by atoms with Crippen molar-refractivity contribution in [1.82, 2.24) is 5.32 Å². The first kappa shape index (κ1) is 19.2. The van der Waals surface area contributed by atoms with Crippen LogP contribution in [0.3, 0.4) is 0 Å². The summed E-state index contributed by atoms with van der Waals surface area (Å²) in [5.41, 5.74) is 1.24. The molecule has 0 bridgehead atoms. The van der Waals surface area contributed by atoms with Gasteiger partial charge in [0, 0.05) is 29.9 Å². The first-order chi connectivity index (χ1) is 12.4. The molecule has 2 aromatic rings. The van der Waals surface area contributed by atoms with Crippen LogP contribution in [0, 0.1) is 5.82 Å². The molecule has 2 N–H and O–H groups in total. The van der Waals surface area contributed by atoms with Crippen LogP contribution >= 0.6 is 0 Å². The van der Waals surface area contributed by atoms with Crippen molar-refractivity contribution in [2.45, 2.75) is 19.4 Å². The van der Waals surface area contributed by atoms with Gasteiger partial charge < -0.3 is 20.1 Å². The second-order valence-corrected chi connectivity index (χ2v) is 5.76. The van der Waals surface area contributed by atoms with Crippen LogP contribution in [-0.4, -0.2) is 32.1 Å². The summed E-state index contributed by atoms with van der Waals surface area (Å²) in [5, 5.41) is 5.12. The van der Waals surface area contributed by atoms with Gasteiger partial charge in [0.05, 0.1) is 14.2 Å². The van der Waals surface area contributed by atoms with Gasteiger partial charge in [0.15, 0.2) is 0 Å². The highest BCUT2D eigenvalue weighted by Crippen LogP contribution is 2.25. The summed E-state index contributed by atoms with van der Waals surface area (Å²) in [4.78, 5) is 24.2. The van der Waals surface area contributed by atoms with E-state index in [-0.39, 0.29) is 11.9 Å².